The molecule has 1 aromatic carbocycles. The number of thiol groups is 1. The number of ether oxygens (including phenoxy) is 1. The van der Waals surface area contributed by atoms with Crippen molar-refractivity contribution in [2.45, 2.75) is 62.7 Å². The fourth-order valence-corrected chi connectivity index (χ4v) is 10.0. The number of nitrogens with zero attached hydrogens (tertiary/aromatic N) is 4. The highest BCUT2D eigenvalue weighted by molar-refractivity contribution is 8.29. The van der Waals surface area contributed by atoms with Crippen LogP contribution >= 0.6 is 34.4 Å². The van der Waals surface area contributed by atoms with Gasteiger partial charge in [0.15, 0.2) is 22.8 Å². The van der Waals surface area contributed by atoms with Gasteiger partial charge in [-0.3, -0.25) is 32.5 Å². The van der Waals surface area contributed by atoms with Crippen LogP contribution in [0.15, 0.2) is 41.8 Å². The number of aliphatic hydroxyl groups excluding tert-OH is 2. The maximum absolute atomic E-state index is 12.7. The van der Waals surface area contributed by atoms with Crippen molar-refractivity contribution in [2.75, 3.05) is 37.8 Å². The third-order valence-corrected chi connectivity index (χ3v) is 13.7. The number of aliphatic hydroxyl groups is 2. The lowest BCUT2D eigenvalue weighted by Crippen LogP contribution is -2.46. The number of fused-ring (bicyclic) bond motifs is 1. The van der Waals surface area contributed by atoms with Gasteiger partial charge < -0.3 is 56.0 Å². The normalized spacial score (nSPS) is 22.1. The summed E-state index contributed by atoms with van der Waals surface area (Å²) in [5.74, 6) is -1.21. The lowest BCUT2D eigenvalue weighted by Gasteiger charge is -2.30. The quantitative estimate of drug-likeness (QED) is 0.0513. The van der Waals surface area contributed by atoms with E-state index in [2.05, 4.69) is 34.4 Å². The summed E-state index contributed by atoms with van der Waals surface area (Å²) in [5, 5.41) is 36.1. The molecule has 1 aliphatic heterocycles. The average molecular weight is 904 g/mol. The van der Waals surface area contributed by atoms with Crippen LogP contribution in [0.3, 0.4) is 0 Å². The molecule has 3 aromatic rings. The van der Waals surface area contributed by atoms with E-state index in [1.54, 1.807) is 12.1 Å². The van der Waals surface area contributed by atoms with Gasteiger partial charge in [-0.2, -0.15) is 15.2 Å². The third-order valence-electron chi connectivity index (χ3n) is 8.26. The van der Waals surface area contributed by atoms with Crippen LogP contribution in [-0.2, 0) is 50.7 Å². The number of anilines is 1. The molecule has 1 aliphatic rings. The van der Waals surface area contributed by atoms with E-state index in [9.17, 15) is 63.0 Å². The Kier molecular flexibility index (Phi) is 15.7. The van der Waals surface area contributed by atoms with Crippen molar-refractivity contribution in [1.82, 2.24) is 30.2 Å². The number of hydrogen-bond donors (Lipinski definition) is 11. The Morgan fingerprint density at radius 3 is 2.40 bits per heavy atom. The number of aromatic nitrogens is 4. The molecule has 0 spiro atoms. The predicted octanol–water partition coefficient (Wildman–Crippen LogP) is -0.283. The van der Waals surface area contributed by atoms with Gasteiger partial charge in [0.2, 0.25) is 11.8 Å². The number of aromatic hydroxyl groups is 1. The molecule has 8 atom stereocenters. The summed E-state index contributed by atoms with van der Waals surface area (Å²) in [6, 6.07) is 6.27. The molecule has 25 nitrogen and oxygen atoms in total. The van der Waals surface area contributed by atoms with E-state index >= 15 is 0 Å². The standard InChI is InChI=1S/C29H44N7O18P3S/c1-16(37)58(18-6-4-5-17(38)11-18)10-9-31-20(39)7-8-32-27(42)24(41)29(2,3)13-51-57(48,49)54-56(46,47)50-12-19-23(53-55(43,44)45)22(40)28(52-19)36-15-35-21-25(30)33-14-34-26(21)36/h4-6,11,14-15,19,22-24,28,38,40-41,58H,7-10,12-13H2,1-3H3,(H,31,39)(H,32,42)(H,46,47)(H,48,49)(H2,30,33,34)(H2,43,44,45)/t19-,22-,23-,24?,28-/m1/s1. The SMILES string of the molecule is CC(=O)[SH](CCNC(=O)CCNC(=O)C(O)C(C)(C)COP(=O)(O)OP(=O)(O)OC[C@H]1O[C@@H](n2cnc3c(N)ncnc32)[C@H](O)[C@@H]1OP(=O)(O)O)c1cccc(O)c1. The fourth-order valence-electron chi connectivity index (χ4n) is 5.38. The van der Waals surface area contributed by atoms with Crippen molar-refractivity contribution in [3.8, 4) is 5.75 Å². The molecule has 58 heavy (non-hydrogen) atoms. The summed E-state index contributed by atoms with van der Waals surface area (Å²) in [6.07, 6.45) is -7.03. The summed E-state index contributed by atoms with van der Waals surface area (Å²) >= 11 is 0. The van der Waals surface area contributed by atoms with Crippen LogP contribution in [0.5, 0.6) is 5.75 Å². The average Bonchev–Trinajstić information content (AvgIpc) is 3.68. The monoisotopic (exact) mass is 903 g/mol. The molecule has 4 unspecified atom stereocenters. The molecule has 11 N–H and O–H groups in total. The molecule has 1 fully saturated rings. The topological polar surface area (TPSA) is 384 Å². The van der Waals surface area contributed by atoms with E-state index in [0.29, 0.717) is 10.6 Å². The van der Waals surface area contributed by atoms with Crippen molar-refractivity contribution < 1.29 is 85.6 Å². The van der Waals surface area contributed by atoms with Gasteiger partial charge >= 0.3 is 23.5 Å². The van der Waals surface area contributed by atoms with E-state index in [-0.39, 0.29) is 47.4 Å². The van der Waals surface area contributed by atoms with Crippen molar-refractivity contribution in [3.05, 3.63) is 36.9 Å². The Labute approximate surface area is 332 Å². The Morgan fingerprint density at radius 1 is 1.05 bits per heavy atom. The zero-order valence-corrected chi connectivity index (χ0v) is 34.4. The molecule has 2 aromatic heterocycles. The van der Waals surface area contributed by atoms with Crippen molar-refractivity contribution in [3.63, 3.8) is 0 Å². The first-order valence-electron chi connectivity index (χ1n) is 16.9. The first-order chi connectivity index (χ1) is 26.9. The van der Waals surface area contributed by atoms with Crippen LogP contribution < -0.4 is 16.4 Å². The van der Waals surface area contributed by atoms with Gasteiger partial charge in [0.25, 0.3) is 0 Å². The number of benzene rings is 1. The van der Waals surface area contributed by atoms with E-state index in [4.69, 9.17) is 19.5 Å². The summed E-state index contributed by atoms with van der Waals surface area (Å²) in [5.41, 5.74) is 4.23. The van der Waals surface area contributed by atoms with Crippen molar-refractivity contribution >= 4 is 68.3 Å². The Balaban J connectivity index is 1.25. The molecule has 1 saturated heterocycles. The molecule has 0 aliphatic carbocycles. The number of nitrogens with one attached hydrogen (secondary N) is 2. The second kappa shape index (κ2) is 19.3. The number of phosphoric acid groups is 3. The Bertz CT molecular complexity index is 2110. The molecule has 0 radical (unpaired) electrons. The predicted molar refractivity (Wildman–Crippen MR) is 201 cm³/mol. The first-order valence-corrected chi connectivity index (χ1v) is 22.9. The first kappa shape index (κ1) is 47.3. The van der Waals surface area contributed by atoms with Gasteiger partial charge in [-0.15, -0.1) is 0 Å². The maximum Gasteiger partial charge on any atom is 0.481 e. The molecule has 29 heteroatoms. The number of phenols is 1. The zero-order chi connectivity index (χ0) is 43.2. The molecule has 0 saturated carbocycles. The number of phosphoric ester groups is 3. The van der Waals surface area contributed by atoms with E-state index in [1.807, 2.05) is 0 Å². The van der Waals surface area contributed by atoms with Gasteiger partial charge in [-0.1, -0.05) is 19.9 Å². The lowest BCUT2D eigenvalue weighted by molar-refractivity contribution is -0.137. The van der Waals surface area contributed by atoms with Gasteiger partial charge in [0.05, 0.1) is 19.5 Å². The number of phenolic OH excluding ortho intramolecular Hbond substituents is 1. The largest absolute Gasteiger partial charge is 0.508 e. The van der Waals surface area contributed by atoms with E-state index in [1.165, 1.54) is 32.9 Å². The number of rotatable bonds is 20. The second-order valence-corrected chi connectivity index (χ2v) is 19.9. The number of carbonyl (C=O) groups excluding carboxylic acids is 3. The molecular formula is C29H44N7O18P3S. The zero-order valence-electron chi connectivity index (χ0n) is 30.9. The van der Waals surface area contributed by atoms with Crippen LogP contribution in [0.2, 0.25) is 0 Å². The fraction of sp³-hybridized carbons (Fsp3) is 0.517. The molecule has 3 heterocycles. The molecule has 4 rings (SSSR count). The van der Waals surface area contributed by atoms with E-state index < -0.39 is 95.4 Å². The highest BCUT2D eigenvalue weighted by Gasteiger charge is 2.50. The summed E-state index contributed by atoms with van der Waals surface area (Å²) in [4.78, 5) is 88.7. The van der Waals surface area contributed by atoms with Crippen LogP contribution in [0.25, 0.3) is 11.2 Å². The number of hydrogen-bond acceptors (Lipinski definition) is 18. The number of imidazole rings is 1. The highest BCUT2D eigenvalue weighted by atomic mass is 32.2. The van der Waals surface area contributed by atoms with Gasteiger partial charge in [0, 0.05) is 37.6 Å². The smallest absolute Gasteiger partial charge is 0.481 e. The highest BCUT2D eigenvalue weighted by Crippen LogP contribution is 2.61. The van der Waals surface area contributed by atoms with Crippen LogP contribution in [-0.4, -0.2) is 128 Å². The third kappa shape index (κ3) is 13.0. The number of amides is 2. The van der Waals surface area contributed by atoms with E-state index in [0.717, 1.165) is 17.2 Å². The summed E-state index contributed by atoms with van der Waals surface area (Å²) in [6.45, 7) is 1.75. The van der Waals surface area contributed by atoms with Crippen molar-refractivity contribution in [2.24, 2.45) is 5.41 Å². The van der Waals surface area contributed by atoms with Gasteiger partial charge in [-0.05, 0) is 23.1 Å². The molecular weight excluding hydrogens is 859 g/mol. The maximum atomic E-state index is 12.7. The van der Waals surface area contributed by atoms with Crippen LogP contribution in [0.4, 0.5) is 5.82 Å². The minimum absolute atomic E-state index is 0.00635. The summed E-state index contributed by atoms with van der Waals surface area (Å²) < 4.78 is 62.2. The van der Waals surface area contributed by atoms with Crippen LogP contribution in [0, 0.1) is 5.41 Å². The Morgan fingerprint density at radius 2 is 1.74 bits per heavy atom. The minimum atomic E-state index is -5.59. The lowest BCUT2D eigenvalue weighted by atomic mass is 9.87. The molecule has 2 amide bonds. The van der Waals surface area contributed by atoms with Gasteiger partial charge in [-0.25, -0.2) is 28.6 Å². The number of carbonyl (C=O) groups is 3. The van der Waals surface area contributed by atoms with Crippen LogP contribution in [0.1, 0.15) is 33.4 Å². The second-order valence-electron chi connectivity index (χ2n) is 13.3. The number of nitrogen functional groups attached to an aromatic ring is 1. The molecule has 324 valence electrons. The van der Waals surface area contributed by atoms with Gasteiger partial charge in [0.1, 0.15) is 42.0 Å². The minimum Gasteiger partial charge on any atom is -0.508 e. The Hall–Kier alpha value is -3.42. The molecule has 0 bridgehead atoms. The number of nitrogens with two attached hydrogens (primary N) is 1. The summed E-state index contributed by atoms with van der Waals surface area (Å²) in [7, 11) is -17.8. The van der Waals surface area contributed by atoms with Crippen molar-refractivity contribution in [1.29, 1.82) is 0 Å².